The van der Waals surface area contributed by atoms with E-state index in [1.165, 1.54) is 0 Å². The van der Waals surface area contributed by atoms with E-state index in [1.807, 2.05) is 51.4 Å². The van der Waals surface area contributed by atoms with Gasteiger partial charge in [-0.2, -0.15) is 0 Å². The highest BCUT2D eigenvalue weighted by atomic mass is 16.5. The fourth-order valence-corrected chi connectivity index (χ4v) is 3.70. The Bertz CT molecular complexity index is 1190. The summed E-state index contributed by atoms with van der Waals surface area (Å²) >= 11 is 0. The summed E-state index contributed by atoms with van der Waals surface area (Å²) in [4.78, 5) is 45.5. The molecular weight excluding hydrogens is 448 g/mol. The second kappa shape index (κ2) is 12.7. The first-order valence-corrected chi connectivity index (χ1v) is 11.7. The van der Waals surface area contributed by atoms with Crippen LogP contribution in [0.25, 0.3) is 11.2 Å². The Morgan fingerprint density at radius 1 is 1.20 bits per heavy atom. The predicted molar refractivity (Wildman–Crippen MR) is 136 cm³/mol. The van der Waals surface area contributed by atoms with Gasteiger partial charge in [-0.1, -0.05) is 37.3 Å². The topological polar surface area (TPSA) is 127 Å². The molecule has 2 unspecified atom stereocenters. The van der Waals surface area contributed by atoms with Crippen molar-refractivity contribution in [1.82, 2.24) is 19.9 Å². The third-order valence-corrected chi connectivity index (χ3v) is 5.42. The molecule has 0 aliphatic carbocycles. The third-order valence-electron chi connectivity index (χ3n) is 5.42. The minimum atomic E-state index is -0.468. The maximum atomic E-state index is 13.5. The molecular formula is C25H32N6O4. The molecule has 10 nitrogen and oxygen atoms in total. The van der Waals surface area contributed by atoms with Crippen LogP contribution in [-0.4, -0.2) is 60.1 Å². The van der Waals surface area contributed by atoms with E-state index in [2.05, 4.69) is 25.9 Å². The molecule has 1 aliphatic rings. The van der Waals surface area contributed by atoms with Crippen LogP contribution >= 0.6 is 0 Å². The van der Waals surface area contributed by atoms with E-state index in [-0.39, 0.29) is 29.7 Å². The Kier molecular flexibility index (Phi) is 9.45. The number of hydrogen-bond donors (Lipinski definition) is 3. The zero-order valence-corrected chi connectivity index (χ0v) is 20.3. The standard InChI is InChI=1S/C23H25N5O4.C2H7N/c1-2-17(15-7-4-3-5-8-15)28-21-16(25-20(23(28)31)24-12-6-13-29)9-10-19(26-21)27-22(30)18-11-14-32-18;1-3-2/h3-5,7-10,13,17-18H,2,6,11-12,14H2,1H3,(H,24,25)(H,26,27,30);3H,1-2H3. The van der Waals surface area contributed by atoms with E-state index in [1.54, 1.807) is 16.7 Å². The van der Waals surface area contributed by atoms with Gasteiger partial charge in [-0.3, -0.25) is 14.2 Å². The number of nitrogens with zero attached hydrogens (tertiary/aromatic N) is 3. The summed E-state index contributed by atoms with van der Waals surface area (Å²) in [7, 11) is 3.75. The first-order valence-electron chi connectivity index (χ1n) is 11.7. The largest absolute Gasteiger partial charge is 0.368 e. The molecule has 0 bridgehead atoms. The van der Waals surface area contributed by atoms with Gasteiger partial charge in [0.15, 0.2) is 11.5 Å². The Hall–Kier alpha value is -3.63. The van der Waals surface area contributed by atoms with Gasteiger partial charge in [0.05, 0.1) is 12.6 Å². The third kappa shape index (κ3) is 6.28. The Morgan fingerprint density at radius 3 is 2.51 bits per heavy atom. The lowest BCUT2D eigenvalue weighted by Gasteiger charge is -2.25. The van der Waals surface area contributed by atoms with E-state index in [0.717, 1.165) is 11.8 Å². The summed E-state index contributed by atoms with van der Waals surface area (Å²) in [5.74, 6) is 0.236. The first kappa shape index (κ1) is 26.0. The second-order valence-corrected chi connectivity index (χ2v) is 8.03. The molecule has 2 aromatic heterocycles. The smallest absolute Gasteiger partial charge is 0.295 e. The van der Waals surface area contributed by atoms with Crippen molar-refractivity contribution in [1.29, 1.82) is 0 Å². The minimum absolute atomic E-state index is 0.162. The van der Waals surface area contributed by atoms with Crippen LogP contribution in [0.4, 0.5) is 11.6 Å². The molecule has 186 valence electrons. The van der Waals surface area contributed by atoms with E-state index < -0.39 is 6.10 Å². The maximum absolute atomic E-state index is 13.5. The molecule has 0 saturated carbocycles. The molecule has 3 N–H and O–H groups in total. The van der Waals surface area contributed by atoms with Gasteiger partial charge in [0.2, 0.25) is 0 Å². The number of carbonyl (C=O) groups is 2. The summed E-state index contributed by atoms with van der Waals surface area (Å²) in [6, 6.07) is 12.8. The molecule has 1 aromatic carbocycles. The zero-order chi connectivity index (χ0) is 25.2. The highest BCUT2D eigenvalue weighted by Crippen LogP contribution is 2.25. The molecule has 4 rings (SSSR count). The Balaban J connectivity index is 0.00000108. The molecule has 1 amide bonds. The predicted octanol–water partition coefficient (Wildman–Crippen LogP) is 2.35. The van der Waals surface area contributed by atoms with Gasteiger partial charge in [0, 0.05) is 19.4 Å². The molecule has 3 heterocycles. The number of anilines is 2. The van der Waals surface area contributed by atoms with Gasteiger partial charge < -0.3 is 25.5 Å². The minimum Gasteiger partial charge on any atom is -0.368 e. The van der Waals surface area contributed by atoms with Crippen molar-refractivity contribution in [2.75, 3.05) is 37.9 Å². The average Bonchev–Trinajstić information content (AvgIpc) is 2.82. The lowest BCUT2D eigenvalue weighted by molar-refractivity contribution is -0.139. The summed E-state index contributed by atoms with van der Waals surface area (Å²) < 4.78 is 6.84. The Morgan fingerprint density at radius 2 is 1.91 bits per heavy atom. The molecule has 0 spiro atoms. The highest BCUT2D eigenvalue weighted by Gasteiger charge is 2.27. The highest BCUT2D eigenvalue weighted by molar-refractivity contribution is 5.94. The first-order chi connectivity index (χ1) is 17.0. The summed E-state index contributed by atoms with van der Waals surface area (Å²) in [5.41, 5.74) is 1.50. The maximum Gasteiger partial charge on any atom is 0.295 e. The van der Waals surface area contributed by atoms with E-state index in [4.69, 9.17) is 4.74 Å². The zero-order valence-electron chi connectivity index (χ0n) is 20.3. The van der Waals surface area contributed by atoms with Crippen molar-refractivity contribution < 1.29 is 14.3 Å². The lowest BCUT2D eigenvalue weighted by atomic mass is 10.0. The van der Waals surface area contributed by atoms with Gasteiger partial charge in [-0.05, 0) is 38.2 Å². The van der Waals surface area contributed by atoms with E-state index in [0.29, 0.717) is 43.0 Å². The van der Waals surface area contributed by atoms with Gasteiger partial charge in [-0.25, -0.2) is 9.97 Å². The molecule has 10 heteroatoms. The summed E-state index contributed by atoms with van der Waals surface area (Å²) in [6.45, 7) is 2.87. The van der Waals surface area contributed by atoms with Crippen molar-refractivity contribution >= 4 is 35.0 Å². The van der Waals surface area contributed by atoms with Crippen LogP contribution < -0.4 is 21.5 Å². The number of benzene rings is 1. The number of pyridine rings is 1. The molecule has 2 atom stereocenters. The van der Waals surface area contributed by atoms with Crippen LogP contribution in [0.15, 0.2) is 47.3 Å². The van der Waals surface area contributed by atoms with Crippen LogP contribution in [0.1, 0.15) is 37.8 Å². The van der Waals surface area contributed by atoms with Crippen molar-refractivity contribution in [2.24, 2.45) is 0 Å². The number of carbonyl (C=O) groups excluding carboxylic acids is 2. The van der Waals surface area contributed by atoms with Crippen molar-refractivity contribution in [2.45, 2.75) is 38.3 Å². The molecule has 1 fully saturated rings. The monoisotopic (exact) mass is 480 g/mol. The number of nitrogens with one attached hydrogen (secondary N) is 3. The Labute approximate surface area is 204 Å². The SMILES string of the molecule is CCC(c1ccccc1)n1c(=O)c(NCCC=O)nc2ccc(NC(=O)C3CCO3)nc21.CNC. The quantitative estimate of drug-likeness (QED) is 0.315. The van der Waals surface area contributed by atoms with E-state index >= 15 is 0 Å². The van der Waals surface area contributed by atoms with E-state index in [9.17, 15) is 14.4 Å². The van der Waals surface area contributed by atoms with Crippen molar-refractivity contribution in [3.8, 4) is 0 Å². The number of rotatable bonds is 9. The van der Waals surface area contributed by atoms with Crippen LogP contribution in [0.5, 0.6) is 0 Å². The average molecular weight is 481 g/mol. The van der Waals surface area contributed by atoms with Gasteiger partial charge in [0.1, 0.15) is 23.7 Å². The number of amides is 1. The second-order valence-electron chi connectivity index (χ2n) is 8.03. The van der Waals surface area contributed by atoms with Crippen LogP contribution in [0.3, 0.4) is 0 Å². The fraction of sp³-hybridized carbons (Fsp3) is 0.400. The number of aromatic nitrogens is 3. The lowest BCUT2D eigenvalue weighted by Crippen LogP contribution is -2.39. The van der Waals surface area contributed by atoms with Crippen molar-refractivity contribution in [3.05, 3.63) is 58.4 Å². The number of ether oxygens (including phenoxy) is 1. The van der Waals surface area contributed by atoms with Gasteiger partial charge in [0.25, 0.3) is 11.5 Å². The normalized spacial score (nSPS) is 15.3. The molecule has 0 radical (unpaired) electrons. The molecule has 3 aromatic rings. The van der Waals surface area contributed by atoms with Gasteiger partial charge >= 0.3 is 0 Å². The van der Waals surface area contributed by atoms with Crippen molar-refractivity contribution in [3.63, 3.8) is 0 Å². The number of fused-ring (bicyclic) bond motifs is 1. The molecule has 1 saturated heterocycles. The van der Waals surface area contributed by atoms with Crippen LogP contribution in [0.2, 0.25) is 0 Å². The molecule has 1 aliphatic heterocycles. The van der Waals surface area contributed by atoms with Gasteiger partial charge in [-0.15, -0.1) is 0 Å². The van der Waals surface area contributed by atoms with Crippen LogP contribution in [-0.2, 0) is 14.3 Å². The number of aldehydes is 1. The summed E-state index contributed by atoms with van der Waals surface area (Å²) in [5, 5.41) is 8.48. The fourth-order valence-electron chi connectivity index (χ4n) is 3.70. The molecule has 35 heavy (non-hydrogen) atoms. The van der Waals surface area contributed by atoms with Crippen LogP contribution in [0, 0.1) is 0 Å². The summed E-state index contributed by atoms with van der Waals surface area (Å²) in [6.07, 6.45) is 1.90. The number of hydrogen-bond acceptors (Lipinski definition) is 8.